The van der Waals surface area contributed by atoms with Crippen LogP contribution in [0.3, 0.4) is 0 Å². The van der Waals surface area contributed by atoms with Gasteiger partial charge in [-0.05, 0) is 56.6 Å². The summed E-state index contributed by atoms with van der Waals surface area (Å²) in [5.74, 6) is -0.623. The van der Waals surface area contributed by atoms with E-state index in [9.17, 15) is 14.4 Å². The van der Waals surface area contributed by atoms with Crippen molar-refractivity contribution in [3.05, 3.63) is 41.5 Å². The molecule has 0 saturated heterocycles. The third-order valence-corrected chi connectivity index (χ3v) is 5.69. The summed E-state index contributed by atoms with van der Waals surface area (Å²) < 4.78 is 5.78. The Bertz CT molecular complexity index is 862. The molecule has 0 spiro atoms. The highest BCUT2D eigenvalue weighted by atomic mass is 16.5. The summed E-state index contributed by atoms with van der Waals surface area (Å²) in [6.45, 7) is 1.78. The van der Waals surface area contributed by atoms with E-state index in [0.29, 0.717) is 12.4 Å². The number of hydrogen-bond donors (Lipinski definition) is 2. The average Bonchev–Trinajstić information content (AvgIpc) is 3.54. The molecule has 1 atom stereocenters. The van der Waals surface area contributed by atoms with Crippen LogP contribution in [0.2, 0.25) is 0 Å². The minimum Gasteiger partial charge on any atom is -0.492 e. The molecule has 1 aromatic carbocycles. The zero-order valence-electron chi connectivity index (χ0n) is 17.8. The topological polar surface area (TPSA) is 105 Å². The molecule has 3 amide bonds. The zero-order valence-corrected chi connectivity index (χ0v) is 17.8. The first-order chi connectivity index (χ1) is 14.3. The molecular weight excluding hydrogens is 384 g/mol. The maximum absolute atomic E-state index is 13.0. The van der Waals surface area contributed by atoms with Gasteiger partial charge in [0.15, 0.2) is 0 Å². The van der Waals surface area contributed by atoms with Gasteiger partial charge in [0.05, 0.1) is 5.41 Å². The molecule has 2 aliphatic rings. The zero-order chi connectivity index (χ0) is 21.9. The van der Waals surface area contributed by atoms with Crippen LogP contribution in [0, 0.1) is 11.3 Å². The normalized spacial score (nSPS) is 21.4. The third kappa shape index (κ3) is 4.64. The van der Waals surface area contributed by atoms with Crippen molar-refractivity contribution in [3.63, 3.8) is 0 Å². The highest BCUT2D eigenvalue weighted by Gasteiger charge is 2.53. The van der Waals surface area contributed by atoms with Gasteiger partial charge >= 0.3 is 0 Å². The minimum atomic E-state index is -1.00. The van der Waals surface area contributed by atoms with Crippen LogP contribution in [0.1, 0.15) is 18.4 Å². The van der Waals surface area contributed by atoms with Gasteiger partial charge in [-0.2, -0.15) is 0 Å². The number of primary amides is 1. The van der Waals surface area contributed by atoms with E-state index in [2.05, 4.69) is 5.32 Å². The van der Waals surface area contributed by atoms with E-state index in [4.69, 9.17) is 10.5 Å². The summed E-state index contributed by atoms with van der Waals surface area (Å²) in [7, 11) is 5.42. The van der Waals surface area contributed by atoms with Gasteiger partial charge in [-0.25, -0.2) is 0 Å². The standard InChI is InChI=1S/C22H30N4O4/c1-24-19(27)18-12-22(21(23)29,16-7-8-16)14-26(20(18)28)13-15-5-4-6-17(11-15)30-10-9-25(2)3/h4-6,11-12,16H,7-10,13-14H2,1-3H3,(H2,23,29)(H,24,27). The van der Waals surface area contributed by atoms with E-state index in [0.717, 1.165) is 24.9 Å². The molecule has 1 aromatic rings. The van der Waals surface area contributed by atoms with Crippen LogP contribution >= 0.6 is 0 Å². The van der Waals surface area contributed by atoms with E-state index in [1.165, 1.54) is 13.1 Å². The summed E-state index contributed by atoms with van der Waals surface area (Å²) in [6.07, 6.45) is 3.22. The highest BCUT2D eigenvalue weighted by Crippen LogP contribution is 2.49. The first-order valence-corrected chi connectivity index (χ1v) is 10.2. The Labute approximate surface area is 177 Å². The van der Waals surface area contributed by atoms with Gasteiger partial charge in [0, 0.05) is 26.7 Å². The predicted molar refractivity (Wildman–Crippen MR) is 112 cm³/mol. The Hall–Kier alpha value is -2.87. The molecule has 162 valence electrons. The number of ether oxygens (including phenoxy) is 1. The van der Waals surface area contributed by atoms with Crippen LogP contribution in [-0.4, -0.2) is 68.4 Å². The van der Waals surface area contributed by atoms with Crippen LogP contribution in [0.25, 0.3) is 0 Å². The van der Waals surface area contributed by atoms with Crippen LogP contribution in [-0.2, 0) is 20.9 Å². The van der Waals surface area contributed by atoms with E-state index in [1.807, 2.05) is 43.3 Å². The van der Waals surface area contributed by atoms with E-state index in [1.54, 1.807) is 4.90 Å². The predicted octanol–water partition coefficient (Wildman–Crippen LogP) is 0.523. The van der Waals surface area contributed by atoms with Crippen molar-refractivity contribution in [2.75, 3.05) is 40.8 Å². The van der Waals surface area contributed by atoms with Gasteiger partial charge in [0.1, 0.15) is 17.9 Å². The summed E-state index contributed by atoms with van der Waals surface area (Å²) in [5, 5.41) is 2.50. The molecular formula is C22H30N4O4. The molecule has 0 aromatic heterocycles. The Morgan fingerprint density at radius 3 is 2.67 bits per heavy atom. The second-order valence-corrected chi connectivity index (χ2v) is 8.28. The highest BCUT2D eigenvalue weighted by molar-refractivity contribution is 6.19. The van der Waals surface area contributed by atoms with E-state index in [-0.39, 0.29) is 24.6 Å². The molecule has 0 bridgehead atoms. The van der Waals surface area contributed by atoms with Gasteiger partial charge in [-0.15, -0.1) is 0 Å². The monoisotopic (exact) mass is 414 g/mol. The Morgan fingerprint density at radius 1 is 1.33 bits per heavy atom. The second kappa shape index (κ2) is 8.87. The van der Waals surface area contributed by atoms with Crippen LogP contribution < -0.4 is 15.8 Å². The molecule has 3 N–H and O–H groups in total. The van der Waals surface area contributed by atoms with E-state index < -0.39 is 23.1 Å². The summed E-state index contributed by atoms with van der Waals surface area (Å²) in [4.78, 5) is 41.4. The smallest absolute Gasteiger partial charge is 0.259 e. The van der Waals surface area contributed by atoms with Gasteiger partial charge in [-0.3, -0.25) is 14.4 Å². The molecule has 0 radical (unpaired) electrons. The lowest BCUT2D eigenvalue weighted by Gasteiger charge is -2.39. The molecule has 1 fully saturated rings. The molecule has 1 aliphatic heterocycles. The Balaban J connectivity index is 1.83. The summed E-state index contributed by atoms with van der Waals surface area (Å²) >= 11 is 0. The van der Waals surface area contributed by atoms with Crippen LogP contribution in [0.4, 0.5) is 0 Å². The molecule has 8 heteroatoms. The van der Waals surface area contributed by atoms with Crippen LogP contribution in [0.15, 0.2) is 35.9 Å². The fourth-order valence-electron chi connectivity index (χ4n) is 3.84. The Morgan fingerprint density at radius 2 is 2.07 bits per heavy atom. The molecule has 1 heterocycles. The lowest BCUT2D eigenvalue weighted by molar-refractivity contribution is -0.137. The molecule has 1 unspecified atom stereocenters. The van der Waals surface area contributed by atoms with Crippen molar-refractivity contribution in [1.29, 1.82) is 0 Å². The van der Waals surface area contributed by atoms with Gasteiger partial charge < -0.3 is 25.6 Å². The fourth-order valence-corrected chi connectivity index (χ4v) is 3.84. The summed E-state index contributed by atoms with van der Waals surface area (Å²) in [5.41, 5.74) is 5.61. The molecule has 3 rings (SSSR count). The lowest BCUT2D eigenvalue weighted by atomic mass is 9.76. The maximum atomic E-state index is 13.0. The first-order valence-electron chi connectivity index (χ1n) is 10.2. The number of likely N-dealkylation sites (N-methyl/N-ethyl adjacent to an activating group) is 2. The molecule has 8 nitrogen and oxygen atoms in total. The number of benzene rings is 1. The average molecular weight is 415 g/mol. The number of hydrogen-bond acceptors (Lipinski definition) is 5. The van der Waals surface area contributed by atoms with E-state index >= 15 is 0 Å². The minimum absolute atomic E-state index is 0.0205. The number of nitrogens with two attached hydrogens (primary N) is 1. The van der Waals surface area contributed by atoms with Gasteiger partial charge in [0.2, 0.25) is 5.91 Å². The largest absolute Gasteiger partial charge is 0.492 e. The Kier molecular flexibility index (Phi) is 6.45. The maximum Gasteiger partial charge on any atom is 0.259 e. The number of carbonyl (C=O) groups is 3. The van der Waals surface area contributed by atoms with Crippen LogP contribution in [0.5, 0.6) is 5.75 Å². The van der Waals surface area contributed by atoms with Gasteiger partial charge in [-0.1, -0.05) is 12.1 Å². The number of nitrogens with one attached hydrogen (secondary N) is 1. The fraction of sp³-hybridized carbons (Fsp3) is 0.500. The lowest BCUT2D eigenvalue weighted by Crippen LogP contribution is -2.53. The summed E-state index contributed by atoms with van der Waals surface area (Å²) in [6, 6.07) is 7.51. The van der Waals surface area contributed by atoms with Crippen molar-refractivity contribution in [1.82, 2.24) is 15.1 Å². The number of amides is 3. The quantitative estimate of drug-likeness (QED) is 0.574. The first kappa shape index (κ1) is 21.8. The van der Waals surface area contributed by atoms with Crippen molar-refractivity contribution < 1.29 is 19.1 Å². The number of rotatable bonds is 9. The van der Waals surface area contributed by atoms with Gasteiger partial charge in [0.25, 0.3) is 11.8 Å². The van der Waals surface area contributed by atoms with Crippen molar-refractivity contribution in [2.45, 2.75) is 19.4 Å². The number of carbonyl (C=O) groups excluding carboxylic acids is 3. The SMILES string of the molecule is CNC(=O)C1=CC(C(N)=O)(C2CC2)CN(Cc2cccc(OCCN(C)C)c2)C1=O. The molecule has 1 saturated carbocycles. The molecule has 30 heavy (non-hydrogen) atoms. The number of nitrogens with zero attached hydrogens (tertiary/aromatic N) is 2. The molecule has 1 aliphatic carbocycles. The van der Waals surface area contributed by atoms with Crippen molar-refractivity contribution in [2.24, 2.45) is 17.1 Å². The van der Waals surface area contributed by atoms with Crippen molar-refractivity contribution in [3.8, 4) is 5.75 Å². The third-order valence-electron chi connectivity index (χ3n) is 5.69. The second-order valence-electron chi connectivity index (χ2n) is 8.28. The van der Waals surface area contributed by atoms with Crippen molar-refractivity contribution >= 4 is 17.7 Å².